The predicted molar refractivity (Wildman–Crippen MR) is 77.6 cm³/mol. The number of nitriles is 1. The Balaban J connectivity index is 2.15. The van der Waals surface area contributed by atoms with Gasteiger partial charge in [-0.1, -0.05) is 6.07 Å². The van der Waals surface area contributed by atoms with Crippen LogP contribution in [0.15, 0.2) is 36.4 Å². The number of aliphatic hydroxyl groups is 1. The molecule has 2 aromatic rings. The molecule has 6 nitrogen and oxygen atoms in total. The lowest BCUT2D eigenvalue weighted by Gasteiger charge is -2.14. The van der Waals surface area contributed by atoms with Crippen LogP contribution in [-0.4, -0.2) is 16.6 Å². The number of hydrogen-bond donors (Lipinski definition) is 2. The lowest BCUT2D eigenvalue weighted by molar-refractivity contribution is -0.385. The molecule has 0 radical (unpaired) electrons. The van der Waals surface area contributed by atoms with Gasteiger partial charge in [0, 0.05) is 18.3 Å². The Hall–Kier alpha value is -3.05. The highest BCUT2D eigenvalue weighted by atomic mass is 19.1. The molecule has 118 valence electrons. The number of nitro benzene ring substituents is 1. The smallest absolute Gasteiger partial charge is 0.287 e. The molecule has 0 heterocycles. The van der Waals surface area contributed by atoms with E-state index >= 15 is 0 Å². The fraction of sp³-hybridized carbons (Fsp3) is 0.133. The van der Waals surface area contributed by atoms with Gasteiger partial charge in [-0.25, -0.2) is 8.78 Å². The highest BCUT2D eigenvalue weighted by molar-refractivity contribution is 5.58. The van der Waals surface area contributed by atoms with E-state index in [1.54, 1.807) is 6.07 Å². The summed E-state index contributed by atoms with van der Waals surface area (Å²) in [7, 11) is 0. The summed E-state index contributed by atoms with van der Waals surface area (Å²) in [5.74, 6) is -1.75. The van der Waals surface area contributed by atoms with Crippen molar-refractivity contribution in [2.75, 3.05) is 11.9 Å². The third-order valence-corrected chi connectivity index (χ3v) is 3.15. The molecule has 0 amide bonds. The summed E-state index contributed by atoms with van der Waals surface area (Å²) in [4.78, 5) is 10.0. The number of anilines is 1. The number of benzene rings is 2. The van der Waals surface area contributed by atoms with E-state index in [0.717, 1.165) is 18.2 Å². The van der Waals surface area contributed by atoms with Crippen LogP contribution in [0, 0.1) is 33.1 Å². The Morgan fingerprint density at radius 3 is 2.52 bits per heavy atom. The van der Waals surface area contributed by atoms with E-state index in [2.05, 4.69) is 5.32 Å². The second-order valence-electron chi connectivity index (χ2n) is 4.63. The van der Waals surface area contributed by atoms with Gasteiger partial charge in [-0.3, -0.25) is 10.1 Å². The molecule has 1 unspecified atom stereocenters. The zero-order valence-electron chi connectivity index (χ0n) is 11.7. The molecule has 1 atom stereocenters. The second-order valence-corrected chi connectivity index (χ2v) is 4.63. The summed E-state index contributed by atoms with van der Waals surface area (Å²) in [5.41, 5.74) is -0.671. The van der Waals surface area contributed by atoms with Crippen molar-refractivity contribution < 1.29 is 18.8 Å². The predicted octanol–water partition coefficient (Wildman–Crippen LogP) is 2.89. The third kappa shape index (κ3) is 3.59. The van der Waals surface area contributed by atoms with Gasteiger partial charge in [0.2, 0.25) is 0 Å². The number of hydrogen-bond acceptors (Lipinski definition) is 5. The number of aliphatic hydroxyl groups excluding tert-OH is 1. The Bertz CT molecular complexity index is 770. The largest absolute Gasteiger partial charge is 0.386 e. The number of halogens is 2. The maximum absolute atomic E-state index is 13.5. The molecule has 0 saturated carbocycles. The van der Waals surface area contributed by atoms with Crippen LogP contribution in [0.25, 0.3) is 0 Å². The first kappa shape index (κ1) is 16.3. The van der Waals surface area contributed by atoms with Gasteiger partial charge in [0.25, 0.3) is 5.69 Å². The summed E-state index contributed by atoms with van der Waals surface area (Å²) >= 11 is 0. The molecule has 8 heteroatoms. The van der Waals surface area contributed by atoms with Crippen molar-refractivity contribution in [1.29, 1.82) is 5.26 Å². The van der Waals surface area contributed by atoms with E-state index in [1.165, 1.54) is 18.2 Å². The van der Waals surface area contributed by atoms with Crippen molar-refractivity contribution in [1.82, 2.24) is 0 Å². The van der Waals surface area contributed by atoms with Crippen molar-refractivity contribution in [3.8, 4) is 6.07 Å². The Morgan fingerprint density at radius 1 is 1.30 bits per heavy atom. The van der Waals surface area contributed by atoms with Crippen LogP contribution in [0.3, 0.4) is 0 Å². The minimum atomic E-state index is -1.46. The molecule has 0 aliphatic heterocycles. The van der Waals surface area contributed by atoms with Gasteiger partial charge in [0.05, 0.1) is 10.5 Å². The van der Waals surface area contributed by atoms with Gasteiger partial charge < -0.3 is 10.4 Å². The van der Waals surface area contributed by atoms with Crippen molar-refractivity contribution in [3.63, 3.8) is 0 Å². The van der Waals surface area contributed by atoms with E-state index < -0.39 is 28.2 Å². The summed E-state index contributed by atoms with van der Waals surface area (Å²) in [6.45, 7) is -0.236. The topological polar surface area (TPSA) is 99.2 Å². The lowest BCUT2D eigenvalue weighted by Crippen LogP contribution is -2.15. The Morgan fingerprint density at radius 2 is 1.96 bits per heavy atom. The average Bonchev–Trinajstić information content (AvgIpc) is 2.52. The molecule has 0 bridgehead atoms. The highest BCUT2D eigenvalue weighted by Crippen LogP contribution is 2.24. The maximum atomic E-state index is 13.5. The second kappa shape index (κ2) is 6.81. The Labute approximate surface area is 129 Å². The van der Waals surface area contributed by atoms with E-state index in [9.17, 15) is 24.0 Å². The SMILES string of the molecule is N#Cc1cc(NCC(O)c2c(F)cccc2F)ccc1[N+](=O)[O-]. The first-order valence-electron chi connectivity index (χ1n) is 6.48. The quantitative estimate of drug-likeness (QED) is 0.652. The monoisotopic (exact) mass is 319 g/mol. The van der Waals surface area contributed by atoms with Gasteiger partial charge in [-0.05, 0) is 24.3 Å². The van der Waals surface area contributed by atoms with Crippen LogP contribution in [0.2, 0.25) is 0 Å². The first-order chi connectivity index (χ1) is 10.9. The van der Waals surface area contributed by atoms with Crippen LogP contribution < -0.4 is 5.32 Å². The minimum Gasteiger partial charge on any atom is -0.386 e. The zero-order chi connectivity index (χ0) is 17.0. The molecular weight excluding hydrogens is 308 g/mol. The van der Waals surface area contributed by atoms with Crippen LogP contribution in [0.4, 0.5) is 20.2 Å². The van der Waals surface area contributed by atoms with Crippen LogP contribution in [0.1, 0.15) is 17.2 Å². The molecule has 0 aliphatic carbocycles. The molecule has 0 fully saturated rings. The van der Waals surface area contributed by atoms with Gasteiger partial charge >= 0.3 is 0 Å². The molecular formula is C15H11F2N3O3. The summed E-state index contributed by atoms with van der Waals surface area (Å²) in [6, 6.07) is 8.63. The third-order valence-electron chi connectivity index (χ3n) is 3.15. The number of rotatable bonds is 5. The van der Waals surface area contributed by atoms with Crippen LogP contribution in [0.5, 0.6) is 0 Å². The van der Waals surface area contributed by atoms with Gasteiger partial charge in [0.15, 0.2) is 0 Å². The summed E-state index contributed by atoms with van der Waals surface area (Å²) in [5, 5.41) is 32.2. The van der Waals surface area contributed by atoms with Crippen molar-refractivity contribution in [2.24, 2.45) is 0 Å². The number of nitro groups is 1. The van der Waals surface area contributed by atoms with Crippen molar-refractivity contribution >= 4 is 11.4 Å². The van der Waals surface area contributed by atoms with E-state index in [-0.39, 0.29) is 17.8 Å². The van der Waals surface area contributed by atoms with E-state index in [0.29, 0.717) is 5.69 Å². The Kier molecular flexibility index (Phi) is 4.83. The molecule has 2 aromatic carbocycles. The lowest BCUT2D eigenvalue weighted by atomic mass is 10.1. The normalized spacial score (nSPS) is 11.6. The fourth-order valence-corrected chi connectivity index (χ4v) is 2.04. The van der Waals surface area contributed by atoms with E-state index in [1.807, 2.05) is 0 Å². The maximum Gasteiger partial charge on any atom is 0.287 e. The van der Waals surface area contributed by atoms with Gasteiger partial charge in [-0.2, -0.15) is 5.26 Å². The molecule has 2 rings (SSSR count). The molecule has 0 aromatic heterocycles. The standard InChI is InChI=1S/C15H11F2N3O3/c16-11-2-1-3-12(17)15(11)14(21)8-19-10-4-5-13(20(22)23)9(6-10)7-18/h1-6,14,19,21H,8H2. The molecule has 23 heavy (non-hydrogen) atoms. The average molecular weight is 319 g/mol. The zero-order valence-corrected chi connectivity index (χ0v) is 11.7. The first-order valence-corrected chi connectivity index (χ1v) is 6.48. The molecule has 0 saturated heterocycles. The van der Waals surface area contributed by atoms with Gasteiger partial charge in [-0.15, -0.1) is 0 Å². The summed E-state index contributed by atoms with van der Waals surface area (Å²) < 4.78 is 27.1. The van der Waals surface area contributed by atoms with Crippen LogP contribution in [-0.2, 0) is 0 Å². The van der Waals surface area contributed by atoms with Crippen molar-refractivity contribution in [2.45, 2.75) is 6.10 Å². The van der Waals surface area contributed by atoms with E-state index in [4.69, 9.17) is 5.26 Å². The van der Waals surface area contributed by atoms with Crippen molar-refractivity contribution in [3.05, 3.63) is 69.3 Å². The fourth-order valence-electron chi connectivity index (χ4n) is 2.04. The highest BCUT2D eigenvalue weighted by Gasteiger charge is 2.18. The molecule has 0 aliphatic rings. The van der Waals surface area contributed by atoms with Gasteiger partial charge in [0.1, 0.15) is 29.4 Å². The molecule has 0 spiro atoms. The molecule has 2 N–H and O–H groups in total. The number of nitrogens with one attached hydrogen (secondary N) is 1. The summed E-state index contributed by atoms with van der Waals surface area (Å²) in [6.07, 6.45) is -1.46. The number of nitrogens with zero attached hydrogens (tertiary/aromatic N) is 2. The minimum absolute atomic E-state index is 0.161. The van der Waals surface area contributed by atoms with Crippen LogP contribution >= 0.6 is 0 Å².